The molecule has 46 heavy (non-hydrogen) atoms. The minimum absolute atomic E-state index is 0.0156. The van der Waals surface area contributed by atoms with Crippen molar-refractivity contribution in [1.29, 1.82) is 0 Å². The van der Waals surface area contributed by atoms with Crippen molar-refractivity contribution < 1.29 is 41.0 Å². The van der Waals surface area contributed by atoms with Crippen LogP contribution in [0.25, 0.3) is 0 Å². The summed E-state index contributed by atoms with van der Waals surface area (Å²) in [6, 6.07) is 12.3. The molecule has 2 aliphatic rings. The first-order valence-electron chi connectivity index (χ1n) is 15.3. The first kappa shape index (κ1) is 35.6. The summed E-state index contributed by atoms with van der Waals surface area (Å²) in [5, 5.41) is 19.7. The molecule has 0 aliphatic carbocycles. The number of hydrogen-bond acceptors (Lipinski definition) is 11. The molecule has 15 heteroatoms. The Labute approximate surface area is 270 Å². The zero-order chi connectivity index (χ0) is 33.4. The predicted molar refractivity (Wildman–Crippen MR) is 172 cm³/mol. The molecule has 4 rings (SSSR count). The van der Waals surface area contributed by atoms with Crippen LogP contribution >= 0.6 is 0 Å². The first-order chi connectivity index (χ1) is 21.7. The van der Waals surface area contributed by atoms with Crippen LogP contribution in [0.5, 0.6) is 11.5 Å². The van der Waals surface area contributed by atoms with Gasteiger partial charge in [0.2, 0.25) is 18.6 Å². The molecule has 254 valence electrons. The number of ether oxygens (including phenoxy) is 2. The molecular weight excluding hydrogens is 636 g/mol. The van der Waals surface area contributed by atoms with Gasteiger partial charge in [0.1, 0.15) is 15.9 Å². The number of aliphatic hydroxyl groups is 1. The quantitative estimate of drug-likeness (QED) is 0.174. The number of rotatable bonds is 17. The number of nitrogens with zero attached hydrogens (tertiary/aromatic N) is 1. The predicted octanol–water partition coefficient (Wildman–Crippen LogP) is 0.793. The summed E-state index contributed by atoms with van der Waals surface area (Å²) in [7, 11) is -7.42. The average Bonchev–Trinajstić information content (AvgIpc) is 3.67. The number of carbonyl (C=O) groups is 2. The summed E-state index contributed by atoms with van der Waals surface area (Å²) in [5.74, 6) is -1.23. The summed E-state index contributed by atoms with van der Waals surface area (Å²) >= 11 is 0. The van der Waals surface area contributed by atoms with Crippen LogP contribution in [-0.2, 0) is 29.3 Å². The Morgan fingerprint density at radius 2 is 1.72 bits per heavy atom. The molecule has 13 nitrogen and oxygen atoms in total. The maximum atomic E-state index is 13.1. The van der Waals surface area contributed by atoms with Crippen molar-refractivity contribution in [2.45, 2.75) is 55.2 Å². The number of amides is 2. The third-order valence-electron chi connectivity index (χ3n) is 7.79. The molecule has 0 aromatic heterocycles. The highest BCUT2D eigenvalue weighted by atomic mass is 32.2. The van der Waals surface area contributed by atoms with E-state index in [2.05, 4.69) is 16.0 Å². The van der Waals surface area contributed by atoms with Crippen LogP contribution in [0.15, 0.2) is 53.4 Å². The lowest BCUT2D eigenvalue weighted by atomic mass is 10.0. The summed E-state index contributed by atoms with van der Waals surface area (Å²) < 4.78 is 60.8. The normalized spacial score (nSPS) is 17.6. The Kier molecular flexibility index (Phi) is 12.1. The molecular formula is C31H44N4O9S2. The number of fused-ring (bicyclic) bond motifs is 1. The van der Waals surface area contributed by atoms with E-state index >= 15 is 0 Å². The number of benzene rings is 2. The van der Waals surface area contributed by atoms with Gasteiger partial charge in [-0.05, 0) is 63.4 Å². The van der Waals surface area contributed by atoms with E-state index < -0.39 is 54.6 Å². The highest BCUT2D eigenvalue weighted by Crippen LogP contribution is 2.34. The maximum Gasteiger partial charge on any atom is 0.243 e. The largest absolute Gasteiger partial charge is 0.454 e. The van der Waals surface area contributed by atoms with Gasteiger partial charge in [0, 0.05) is 31.5 Å². The zero-order valence-corrected chi connectivity index (χ0v) is 27.9. The Bertz CT molecular complexity index is 1560. The van der Waals surface area contributed by atoms with Gasteiger partial charge in [0.15, 0.2) is 21.3 Å². The van der Waals surface area contributed by atoms with E-state index in [-0.39, 0.29) is 37.4 Å². The van der Waals surface area contributed by atoms with Gasteiger partial charge in [0.25, 0.3) is 0 Å². The fraction of sp³-hybridized carbons (Fsp3) is 0.548. The van der Waals surface area contributed by atoms with Crippen molar-refractivity contribution in [2.24, 2.45) is 0 Å². The van der Waals surface area contributed by atoms with E-state index in [4.69, 9.17) is 9.47 Å². The Morgan fingerprint density at radius 1 is 1.02 bits per heavy atom. The third-order valence-corrected chi connectivity index (χ3v) is 10.7. The SMILES string of the molecule is C[C@@](O)(CNC(CCCNC(=O)[C@@H](CS(C)(=O)=O)NC(=O)CN1CCCC1)c1ccccc1)CS(=O)(=O)c1ccc2c(c1)OCO2. The van der Waals surface area contributed by atoms with Crippen LogP contribution < -0.4 is 25.4 Å². The number of carbonyl (C=O) groups excluding carboxylic acids is 2. The van der Waals surface area contributed by atoms with E-state index in [1.165, 1.54) is 25.1 Å². The number of sulfone groups is 2. The minimum atomic E-state index is -3.87. The van der Waals surface area contributed by atoms with Gasteiger partial charge >= 0.3 is 0 Å². The second-order valence-corrected chi connectivity index (χ2v) is 16.4. The molecule has 1 saturated heterocycles. The smallest absolute Gasteiger partial charge is 0.243 e. The molecule has 0 bridgehead atoms. The standard InChI is InChI=1S/C31H44N4O9S2/c1-31(38,21-46(41,42)24-12-13-27-28(17-24)44-22-43-27)20-33-25(23-9-4-3-5-10-23)11-8-14-32-30(37)26(19-45(2,39)40)34-29(36)18-35-15-6-7-16-35/h3-5,9-10,12-13,17,25-26,33,38H,6-8,11,14-16,18-22H2,1-2H3,(H,32,37)(H,34,36)/t25?,26-,31-/m1/s1. The van der Waals surface area contributed by atoms with Crippen molar-refractivity contribution in [1.82, 2.24) is 20.9 Å². The van der Waals surface area contributed by atoms with Crippen LogP contribution in [0.1, 0.15) is 44.2 Å². The summed E-state index contributed by atoms with van der Waals surface area (Å²) in [5.41, 5.74) is -0.713. The Hall–Kier alpha value is -3.24. The number of nitrogens with one attached hydrogen (secondary N) is 3. The Balaban J connectivity index is 1.32. The van der Waals surface area contributed by atoms with E-state index in [9.17, 15) is 31.5 Å². The van der Waals surface area contributed by atoms with E-state index in [1.54, 1.807) is 0 Å². The van der Waals surface area contributed by atoms with Gasteiger partial charge in [-0.1, -0.05) is 30.3 Å². The lowest BCUT2D eigenvalue weighted by Crippen LogP contribution is -2.52. The molecule has 2 aromatic carbocycles. The second kappa shape index (κ2) is 15.6. The molecule has 3 atom stereocenters. The molecule has 0 spiro atoms. The van der Waals surface area contributed by atoms with Crippen LogP contribution in [-0.4, -0.2) is 108 Å². The topological polar surface area (TPSA) is 180 Å². The molecule has 2 amide bonds. The van der Waals surface area contributed by atoms with Crippen molar-refractivity contribution in [3.63, 3.8) is 0 Å². The van der Waals surface area contributed by atoms with E-state index in [1.807, 2.05) is 35.2 Å². The zero-order valence-electron chi connectivity index (χ0n) is 26.2. The molecule has 1 fully saturated rings. The van der Waals surface area contributed by atoms with Gasteiger partial charge in [-0.3, -0.25) is 14.5 Å². The Morgan fingerprint density at radius 3 is 2.41 bits per heavy atom. The van der Waals surface area contributed by atoms with Gasteiger partial charge in [-0.25, -0.2) is 16.8 Å². The van der Waals surface area contributed by atoms with Crippen molar-refractivity contribution in [3.05, 3.63) is 54.1 Å². The fourth-order valence-electron chi connectivity index (χ4n) is 5.54. The molecule has 2 heterocycles. The lowest BCUT2D eigenvalue weighted by Gasteiger charge is -2.28. The molecule has 4 N–H and O–H groups in total. The molecule has 1 unspecified atom stereocenters. The van der Waals surface area contributed by atoms with Gasteiger partial charge < -0.3 is 30.5 Å². The van der Waals surface area contributed by atoms with Gasteiger partial charge in [-0.15, -0.1) is 0 Å². The van der Waals surface area contributed by atoms with Crippen LogP contribution in [0.2, 0.25) is 0 Å². The van der Waals surface area contributed by atoms with Crippen LogP contribution in [0, 0.1) is 0 Å². The number of likely N-dealkylation sites (tertiary alicyclic amines) is 1. The molecule has 0 radical (unpaired) electrons. The minimum Gasteiger partial charge on any atom is -0.454 e. The average molecular weight is 681 g/mol. The first-order valence-corrected chi connectivity index (χ1v) is 19.0. The fourth-order valence-corrected chi connectivity index (χ4v) is 8.03. The lowest BCUT2D eigenvalue weighted by molar-refractivity contribution is -0.128. The molecule has 2 aromatic rings. The highest BCUT2D eigenvalue weighted by Gasteiger charge is 2.32. The molecule has 2 aliphatic heterocycles. The second-order valence-electron chi connectivity index (χ2n) is 12.2. The summed E-state index contributed by atoms with van der Waals surface area (Å²) in [4.78, 5) is 27.5. The van der Waals surface area contributed by atoms with Gasteiger partial charge in [-0.2, -0.15) is 0 Å². The van der Waals surface area contributed by atoms with Crippen molar-refractivity contribution in [2.75, 3.05) is 57.3 Å². The monoisotopic (exact) mass is 680 g/mol. The summed E-state index contributed by atoms with van der Waals surface area (Å²) in [6.45, 7) is 3.33. The van der Waals surface area contributed by atoms with Crippen molar-refractivity contribution in [3.8, 4) is 11.5 Å². The van der Waals surface area contributed by atoms with Crippen LogP contribution in [0.3, 0.4) is 0 Å². The highest BCUT2D eigenvalue weighted by molar-refractivity contribution is 7.91. The maximum absolute atomic E-state index is 13.1. The number of hydrogen-bond donors (Lipinski definition) is 4. The van der Waals surface area contributed by atoms with Crippen LogP contribution in [0.4, 0.5) is 0 Å². The van der Waals surface area contributed by atoms with Crippen molar-refractivity contribution >= 4 is 31.5 Å². The third kappa shape index (κ3) is 10.9. The van der Waals surface area contributed by atoms with E-state index in [0.717, 1.165) is 37.8 Å². The van der Waals surface area contributed by atoms with Gasteiger partial charge in [0.05, 0.1) is 28.5 Å². The van der Waals surface area contributed by atoms with E-state index in [0.29, 0.717) is 24.3 Å². The summed E-state index contributed by atoms with van der Waals surface area (Å²) in [6.07, 6.45) is 4.00. The molecule has 0 saturated carbocycles.